The lowest BCUT2D eigenvalue weighted by atomic mass is 9.73. The standard InChI is InChI=1S/C16H27NO2S/c1-16(2)8-4-3-7-15(16)17-10-13(18)11-19-12-14-6-5-9-20-14/h5-6,9,13,15,17-18H,3-4,7-8,10-12H2,1-2H3. The maximum Gasteiger partial charge on any atom is 0.0897 e. The maximum absolute atomic E-state index is 9.99. The maximum atomic E-state index is 9.99. The Labute approximate surface area is 126 Å². The lowest BCUT2D eigenvalue weighted by Crippen LogP contribution is -2.47. The van der Waals surface area contributed by atoms with Gasteiger partial charge in [-0.3, -0.25) is 0 Å². The van der Waals surface area contributed by atoms with Crippen molar-refractivity contribution < 1.29 is 9.84 Å². The lowest BCUT2D eigenvalue weighted by molar-refractivity contribution is 0.0242. The fourth-order valence-corrected chi connectivity index (χ4v) is 3.54. The van der Waals surface area contributed by atoms with Gasteiger partial charge in [0.1, 0.15) is 0 Å². The monoisotopic (exact) mass is 297 g/mol. The number of nitrogens with one attached hydrogen (secondary N) is 1. The summed E-state index contributed by atoms with van der Waals surface area (Å²) in [5.41, 5.74) is 0.343. The molecule has 4 heteroatoms. The van der Waals surface area contributed by atoms with Gasteiger partial charge in [-0.2, -0.15) is 0 Å². The second-order valence-electron chi connectivity index (χ2n) is 6.44. The smallest absolute Gasteiger partial charge is 0.0897 e. The Morgan fingerprint density at radius 1 is 1.50 bits per heavy atom. The molecule has 0 aliphatic heterocycles. The van der Waals surface area contributed by atoms with Gasteiger partial charge in [-0.05, 0) is 29.7 Å². The largest absolute Gasteiger partial charge is 0.389 e. The van der Waals surface area contributed by atoms with Crippen LogP contribution in [0.5, 0.6) is 0 Å². The number of aliphatic hydroxyl groups is 1. The fourth-order valence-electron chi connectivity index (χ4n) is 2.90. The molecule has 1 aliphatic rings. The average Bonchev–Trinajstić information content (AvgIpc) is 2.90. The van der Waals surface area contributed by atoms with Crippen molar-refractivity contribution in [3.05, 3.63) is 22.4 Å². The summed E-state index contributed by atoms with van der Waals surface area (Å²) >= 11 is 1.69. The lowest BCUT2D eigenvalue weighted by Gasteiger charge is -2.39. The van der Waals surface area contributed by atoms with Crippen molar-refractivity contribution in [2.45, 2.75) is 58.3 Å². The molecule has 1 heterocycles. The van der Waals surface area contributed by atoms with Crippen LogP contribution in [0.3, 0.4) is 0 Å². The molecular weight excluding hydrogens is 270 g/mol. The van der Waals surface area contributed by atoms with Gasteiger partial charge < -0.3 is 15.2 Å². The molecule has 2 unspecified atom stereocenters. The Morgan fingerprint density at radius 2 is 2.35 bits per heavy atom. The van der Waals surface area contributed by atoms with Crippen LogP contribution in [0.25, 0.3) is 0 Å². The summed E-state index contributed by atoms with van der Waals surface area (Å²) in [4.78, 5) is 1.21. The number of rotatable bonds is 7. The van der Waals surface area contributed by atoms with Crippen molar-refractivity contribution in [2.75, 3.05) is 13.2 Å². The molecule has 2 atom stereocenters. The van der Waals surface area contributed by atoms with Crippen molar-refractivity contribution in [3.8, 4) is 0 Å². The minimum atomic E-state index is -0.423. The van der Waals surface area contributed by atoms with Crippen molar-refractivity contribution in [1.29, 1.82) is 0 Å². The van der Waals surface area contributed by atoms with E-state index in [1.165, 1.54) is 30.6 Å². The van der Waals surface area contributed by atoms with E-state index in [9.17, 15) is 5.11 Å². The van der Waals surface area contributed by atoms with Crippen LogP contribution in [0.2, 0.25) is 0 Å². The number of thiophene rings is 1. The summed E-state index contributed by atoms with van der Waals surface area (Å²) in [6.45, 7) is 6.27. The third-order valence-electron chi connectivity index (χ3n) is 4.24. The zero-order valence-electron chi connectivity index (χ0n) is 12.6. The van der Waals surface area contributed by atoms with Crippen molar-refractivity contribution in [1.82, 2.24) is 5.32 Å². The van der Waals surface area contributed by atoms with Crippen LogP contribution < -0.4 is 5.32 Å². The summed E-state index contributed by atoms with van der Waals surface area (Å²) < 4.78 is 5.55. The Balaban J connectivity index is 1.63. The quantitative estimate of drug-likeness (QED) is 0.812. The van der Waals surface area contributed by atoms with Crippen LogP contribution in [0, 0.1) is 5.41 Å². The van der Waals surface area contributed by atoms with Gasteiger partial charge in [-0.1, -0.05) is 32.8 Å². The number of hydrogen-bond donors (Lipinski definition) is 2. The molecule has 0 amide bonds. The predicted octanol–water partition coefficient (Wildman–Crippen LogP) is 3.18. The van der Waals surface area contributed by atoms with Crippen LogP contribution >= 0.6 is 11.3 Å². The number of ether oxygens (including phenoxy) is 1. The van der Waals surface area contributed by atoms with Gasteiger partial charge in [-0.25, -0.2) is 0 Å². The van der Waals surface area contributed by atoms with E-state index in [-0.39, 0.29) is 0 Å². The first-order valence-electron chi connectivity index (χ1n) is 7.59. The molecule has 3 nitrogen and oxygen atoms in total. The van der Waals surface area contributed by atoms with E-state index in [1.807, 2.05) is 11.4 Å². The van der Waals surface area contributed by atoms with Crippen molar-refractivity contribution in [2.24, 2.45) is 5.41 Å². The van der Waals surface area contributed by atoms with E-state index < -0.39 is 6.10 Å². The summed E-state index contributed by atoms with van der Waals surface area (Å²) in [6, 6.07) is 4.59. The van der Waals surface area contributed by atoms with E-state index in [4.69, 9.17) is 4.74 Å². The molecule has 20 heavy (non-hydrogen) atoms. The van der Waals surface area contributed by atoms with Crippen LogP contribution in [0.4, 0.5) is 0 Å². The molecule has 1 aromatic rings. The van der Waals surface area contributed by atoms with E-state index in [2.05, 4.69) is 25.2 Å². The number of aliphatic hydroxyl groups excluding tert-OH is 1. The van der Waals surface area contributed by atoms with Gasteiger partial charge in [0.15, 0.2) is 0 Å². The third kappa shape index (κ3) is 4.85. The van der Waals surface area contributed by atoms with Crippen LogP contribution in [-0.4, -0.2) is 30.4 Å². The van der Waals surface area contributed by atoms with Gasteiger partial charge >= 0.3 is 0 Å². The first-order valence-corrected chi connectivity index (χ1v) is 8.47. The van der Waals surface area contributed by atoms with E-state index in [0.717, 1.165) is 0 Å². The van der Waals surface area contributed by atoms with Gasteiger partial charge in [0.2, 0.25) is 0 Å². The van der Waals surface area contributed by atoms with Gasteiger partial charge in [0.25, 0.3) is 0 Å². The number of hydrogen-bond acceptors (Lipinski definition) is 4. The highest BCUT2D eigenvalue weighted by Crippen LogP contribution is 2.35. The Hall–Kier alpha value is -0.420. The molecule has 2 rings (SSSR count). The van der Waals surface area contributed by atoms with Crippen LogP contribution in [-0.2, 0) is 11.3 Å². The molecule has 1 saturated carbocycles. The molecule has 0 bridgehead atoms. The molecule has 1 fully saturated rings. The minimum absolute atomic E-state index is 0.343. The Bertz CT molecular complexity index is 378. The summed E-state index contributed by atoms with van der Waals surface area (Å²) in [5.74, 6) is 0. The van der Waals surface area contributed by atoms with Gasteiger partial charge in [0, 0.05) is 17.5 Å². The summed E-state index contributed by atoms with van der Waals surface area (Å²) in [5, 5.41) is 15.6. The fraction of sp³-hybridized carbons (Fsp3) is 0.750. The molecule has 0 radical (unpaired) electrons. The second-order valence-corrected chi connectivity index (χ2v) is 7.48. The second kappa shape index (κ2) is 7.55. The Morgan fingerprint density at radius 3 is 3.05 bits per heavy atom. The first kappa shape index (κ1) is 16.0. The zero-order valence-corrected chi connectivity index (χ0v) is 13.4. The van der Waals surface area contributed by atoms with Crippen molar-refractivity contribution in [3.63, 3.8) is 0 Å². The zero-order chi connectivity index (χ0) is 14.4. The average molecular weight is 297 g/mol. The highest BCUT2D eigenvalue weighted by molar-refractivity contribution is 7.09. The normalized spacial score (nSPS) is 23.6. The molecule has 1 aromatic heterocycles. The molecule has 1 aliphatic carbocycles. The summed E-state index contributed by atoms with van der Waals surface area (Å²) in [6.07, 6.45) is 4.70. The molecular formula is C16H27NO2S. The summed E-state index contributed by atoms with van der Waals surface area (Å²) in [7, 11) is 0. The SMILES string of the molecule is CC1(C)CCCCC1NCC(O)COCc1cccs1. The minimum Gasteiger partial charge on any atom is -0.389 e. The van der Waals surface area contributed by atoms with Crippen LogP contribution in [0.15, 0.2) is 17.5 Å². The van der Waals surface area contributed by atoms with Crippen molar-refractivity contribution >= 4 is 11.3 Å². The van der Waals surface area contributed by atoms with E-state index >= 15 is 0 Å². The van der Waals surface area contributed by atoms with E-state index in [1.54, 1.807) is 11.3 Å². The highest BCUT2D eigenvalue weighted by Gasteiger charge is 2.31. The van der Waals surface area contributed by atoms with Gasteiger partial charge in [0.05, 0.1) is 19.3 Å². The molecule has 0 aromatic carbocycles. The Kier molecular flexibility index (Phi) is 6.02. The topological polar surface area (TPSA) is 41.5 Å². The molecule has 114 valence electrons. The van der Waals surface area contributed by atoms with Crippen LogP contribution in [0.1, 0.15) is 44.4 Å². The molecule has 0 saturated heterocycles. The predicted molar refractivity (Wildman–Crippen MR) is 84.0 cm³/mol. The highest BCUT2D eigenvalue weighted by atomic mass is 32.1. The van der Waals surface area contributed by atoms with Gasteiger partial charge in [-0.15, -0.1) is 11.3 Å². The van der Waals surface area contributed by atoms with E-state index in [0.29, 0.717) is 31.2 Å². The third-order valence-corrected chi connectivity index (χ3v) is 5.09. The molecule has 2 N–H and O–H groups in total. The first-order chi connectivity index (χ1) is 9.58. The molecule has 0 spiro atoms.